The third-order valence-corrected chi connectivity index (χ3v) is 1.80. The second-order valence-electron chi connectivity index (χ2n) is 2.60. The molecular formula is C7H14ClNO2. The van der Waals surface area contributed by atoms with Crippen LogP contribution in [0.25, 0.3) is 0 Å². The summed E-state index contributed by atoms with van der Waals surface area (Å²) >= 11 is 5.55. The first-order chi connectivity index (χ1) is 5.00. The van der Waals surface area contributed by atoms with Crippen molar-refractivity contribution in [3.63, 3.8) is 0 Å². The van der Waals surface area contributed by atoms with Gasteiger partial charge in [-0.1, -0.05) is 0 Å². The van der Waals surface area contributed by atoms with Crippen molar-refractivity contribution in [1.82, 2.24) is 4.90 Å². The van der Waals surface area contributed by atoms with E-state index in [9.17, 15) is 4.79 Å². The summed E-state index contributed by atoms with van der Waals surface area (Å²) in [4.78, 5) is 12.6. The molecule has 0 saturated heterocycles. The van der Waals surface area contributed by atoms with Gasteiger partial charge in [0.25, 0.3) is 0 Å². The Balaban J connectivity index is 4.02. The molecule has 1 N–H and O–H groups in total. The molecule has 0 fully saturated rings. The molecule has 0 aliphatic heterocycles. The van der Waals surface area contributed by atoms with E-state index in [0.29, 0.717) is 0 Å². The molecule has 11 heavy (non-hydrogen) atoms. The first-order valence-electron chi connectivity index (χ1n) is 3.52. The Morgan fingerprint density at radius 1 is 1.64 bits per heavy atom. The van der Waals surface area contributed by atoms with Crippen molar-refractivity contribution in [3.05, 3.63) is 0 Å². The summed E-state index contributed by atoms with van der Waals surface area (Å²) < 4.78 is 0. The zero-order valence-electron chi connectivity index (χ0n) is 7.04. The van der Waals surface area contributed by atoms with Crippen LogP contribution in [0.3, 0.4) is 0 Å². The van der Waals surface area contributed by atoms with E-state index in [1.54, 1.807) is 20.9 Å². The minimum absolute atomic E-state index is 0.0359. The van der Waals surface area contributed by atoms with Crippen LogP contribution in [0.15, 0.2) is 0 Å². The van der Waals surface area contributed by atoms with Gasteiger partial charge < -0.3 is 10.0 Å². The third kappa shape index (κ3) is 3.08. The molecule has 4 heteroatoms. The zero-order valence-corrected chi connectivity index (χ0v) is 7.80. The molecule has 0 spiro atoms. The monoisotopic (exact) mass is 179 g/mol. The van der Waals surface area contributed by atoms with Gasteiger partial charge in [0.2, 0.25) is 5.91 Å². The van der Waals surface area contributed by atoms with Crippen LogP contribution in [-0.2, 0) is 4.79 Å². The molecule has 0 bridgehead atoms. The Bertz CT molecular complexity index is 138. The summed E-state index contributed by atoms with van der Waals surface area (Å²) in [6.45, 7) is 3.34. The Labute approximate surface area is 71.9 Å². The molecule has 0 aliphatic rings. The molecule has 0 saturated carbocycles. The molecule has 0 radical (unpaired) electrons. The quantitative estimate of drug-likeness (QED) is 0.640. The van der Waals surface area contributed by atoms with Gasteiger partial charge in [-0.25, -0.2) is 0 Å². The highest BCUT2D eigenvalue weighted by atomic mass is 35.5. The number of likely N-dealkylation sites (N-methyl/N-ethyl adjacent to an activating group) is 1. The minimum atomic E-state index is -0.519. The fourth-order valence-electron chi connectivity index (χ4n) is 0.620. The van der Waals surface area contributed by atoms with Crippen molar-refractivity contribution in [2.75, 3.05) is 13.7 Å². The largest absolute Gasteiger partial charge is 0.394 e. The number of rotatable bonds is 3. The molecule has 0 rings (SSSR count). The SMILES string of the molecule is CC(Cl)C(=O)N(C)C(C)CO. The maximum atomic E-state index is 11.1. The van der Waals surface area contributed by atoms with Crippen LogP contribution >= 0.6 is 11.6 Å². The third-order valence-electron chi connectivity index (χ3n) is 1.61. The summed E-state index contributed by atoms with van der Waals surface area (Å²) in [5.74, 6) is -0.159. The van der Waals surface area contributed by atoms with Crippen molar-refractivity contribution in [1.29, 1.82) is 0 Å². The molecule has 0 aromatic rings. The first kappa shape index (κ1) is 10.7. The van der Waals surface area contributed by atoms with Crippen molar-refractivity contribution < 1.29 is 9.90 Å². The van der Waals surface area contributed by atoms with Gasteiger partial charge in [-0.05, 0) is 13.8 Å². The van der Waals surface area contributed by atoms with Crippen LogP contribution in [-0.4, -0.2) is 41.0 Å². The van der Waals surface area contributed by atoms with E-state index in [1.807, 2.05) is 0 Å². The number of aliphatic hydroxyl groups excluding tert-OH is 1. The number of carbonyl (C=O) groups excluding carboxylic acids is 1. The van der Waals surface area contributed by atoms with E-state index in [1.165, 1.54) is 4.90 Å². The maximum Gasteiger partial charge on any atom is 0.240 e. The number of hydrogen-bond donors (Lipinski definition) is 1. The molecule has 2 unspecified atom stereocenters. The van der Waals surface area contributed by atoms with E-state index in [4.69, 9.17) is 16.7 Å². The van der Waals surface area contributed by atoms with Gasteiger partial charge in [0.15, 0.2) is 0 Å². The zero-order chi connectivity index (χ0) is 9.02. The average molecular weight is 180 g/mol. The van der Waals surface area contributed by atoms with Crippen LogP contribution in [0.4, 0.5) is 0 Å². The highest BCUT2D eigenvalue weighted by Gasteiger charge is 2.18. The first-order valence-corrected chi connectivity index (χ1v) is 3.96. The van der Waals surface area contributed by atoms with Crippen molar-refractivity contribution in [2.24, 2.45) is 0 Å². The fourth-order valence-corrected chi connectivity index (χ4v) is 0.774. The highest BCUT2D eigenvalue weighted by Crippen LogP contribution is 2.02. The van der Waals surface area contributed by atoms with Gasteiger partial charge in [0.05, 0.1) is 12.6 Å². The summed E-state index contributed by atoms with van der Waals surface area (Å²) in [5.41, 5.74) is 0. The number of aliphatic hydroxyl groups is 1. The predicted octanol–water partition coefficient (Wildman–Crippen LogP) is 0.453. The maximum absolute atomic E-state index is 11.1. The van der Waals surface area contributed by atoms with E-state index < -0.39 is 5.38 Å². The van der Waals surface area contributed by atoms with Crippen molar-refractivity contribution in [3.8, 4) is 0 Å². The van der Waals surface area contributed by atoms with E-state index in [0.717, 1.165) is 0 Å². The summed E-state index contributed by atoms with van der Waals surface area (Å²) in [6, 6.07) is -0.163. The van der Waals surface area contributed by atoms with E-state index in [2.05, 4.69) is 0 Å². The number of halogens is 1. The van der Waals surface area contributed by atoms with Gasteiger partial charge >= 0.3 is 0 Å². The summed E-state index contributed by atoms with van der Waals surface area (Å²) in [6.07, 6.45) is 0. The smallest absolute Gasteiger partial charge is 0.240 e. The summed E-state index contributed by atoms with van der Waals surface area (Å²) in [7, 11) is 1.63. The summed E-state index contributed by atoms with van der Waals surface area (Å²) in [5, 5.41) is 8.18. The molecule has 2 atom stereocenters. The lowest BCUT2D eigenvalue weighted by atomic mass is 10.3. The molecule has 0 aromatic heterocycles. The van der Waals surface area contributed by atoms with Crippen LogP contribution < -0.4 is 0 Å². The second-order valence-corrected chi connectivity index (χ2v) is 3.25. The number of nitrogens with zero attached hydrogens (tertiary/aromatic N) is 1. The lowest BCUT2D eigenvalue weighted by Gasteiger charge is -2.23. The molecule has 3 nitrogen and oxygen atoms in total. The lowest BCUT2D eigenvalue weighted by Crippen LogP contribution is -2.40. The molecule has 66 valence electrons. The van der Waals surface area contributed by atoms with Crippen LogP contribution in [0.1, 0.15) is 13.8 Å². The number of hydrogen-bond acceptors (Lipinski definition) is 2. The standard InChI is InChI=1S/C7H14ClNO2/c1-5(4-10)9(3)7(11)6(2)8/h5-6,10H,4H2,1-3H3. The molecule has 1 amide bonds. The Hall–Kier alpha value is -0.280. The highest BCUT2D eigenvalue weighted by molar-refractivity contribution is 6.30. The van der Waals surface area contributed by atoms with Gasteiger partial charge in [-0.15, -0.1) is 11.6 Å². The molecule has 0 heterocycles. The van der Waals surface area contributed by atoms with Crippen LogP contribution in [0, 0.1) is 0 Å². The Kier molecular flexibility index (Phi) is 4.45. The van der Waals surface area contributed by atoms with Gasteiger partial charge in [0.1, 0.15) is 5.38 Å². The normalized spacial score (nSPS) is 15.7. The number of carbonyl (C=O) groups is 1. The van der Waals surface area contributed by atoms with E-state index >= 15 is 0 Å². The minimum Gasteiger partial charge on any atom is -0.394 e. The second kappa shape index (κ2) is 4.57. The number of amides is 1. The molecular weight excluding hydrogens is 166 g/mol. The van der Waals surface area contributed by atoms with Gasteiger partial charge in [-0.2, -0.15) is 0 Å². The van der Waals surface area contributed by atoms with Crippen LogP contribution in [0.2, 0.25) is 0 Å². The molecule has 0 aliphatic carbocycles. The van der Waals surface area contributed by atoms with Crippen LogP contribution in [0.5, 0.6) is 0 Å². The molecule has 0 aromatic carbocycles. The predicted molar refractivity (Wildman–Crippen MR) is 44.6 cm³/mol. The lowest BCUT2D eigenvalue weighted by molar-refractivity contribution is -0.131. The Morgan fingerprint density at radius 3 is 2.36 bits per heavy atom. The number of alkyl halides is 1. The van der Waals surface area contributed by atoms with Crippen molar-refractivity contribution in [2.45, 2.75) is 25.3 Å². The van der Waals surface area contributed by atoms with Gasteiger partial charge in [-0.3, -0.25) is 4.79 Å². The Morgan fingerprint density at radius 2 is 2.09 bits per heavy atom. The topological polar surface area (TPSA) is 40.5 Å². The fraction of sp³-hybridized carbons (Fsp3) is 0.857. The average Bonchev–Trinajstić information content (AvgIpc) is 2.00. The van der Waals surface area contributed by atoms with E-state index in [-0.39, 0.29) is 18.6 Å². The van der Waals surface area contributed by atoms with Crippen molar-refractivity contribution >= 4 is 17.5 Å². The van der Waals surface area contributed by atoms with Gasteiger partial charge in [0, 0.05) is 7.05 Å².